The van der Waals surface area contributed by atoms with Crippen molar-refractivity contribution in [3.8, 4) is 10.6 Å². The Morgan fingerprint density at radius 3 is 2.62 bits per heavy atom. The number of aromatic nitrogens is 1. The lowest BCUT2D eigenvalue weighted by molar-refractivity contribution is -0.155. The number of rotatable bonds is 9. The molecule has 1 amide bonds. The van der Waals surface area contributed by atoms with Crippen molar-refractivity contribution in [3.63, 3.8) is 0 Å². The third kappa shape index (κ3) is 5.50. The highest BCUT2D eigenvalue weighted by atomic mass is 32.2. The van der Waals surface area contributed by atoms with Gasteiger partial charge in [-0.3, -0.25) is 13.3 Å². The van der Waals surface area contributed by atoms with Crippen molar-refractivity contribution < 1.29 is 45.9 Å². The summed E-state index contributed by atoms with van der Waals surface area (Å²) in [6.45, 7) is 2.07. The van der Waals surface area contributed by atoms with E-state index in [2.05, 4.69) is 9.68 Å². The molecule has 40 heavy (non-hydrogen) atoms. The van der Waals surface area contributed by atoms with Crippen molar-refractivity contribution in [2.75, 3.05) is 30.6 Å². The number of nitrogens with zero attached hydrogens (tertiary/aromatic N) is 3. The van der Waals surface area contributed by atoms with Crippen LogP contribution in [-0.2, 0) is 38.2 Å². The molecule has 10 nitrogen and oxygen atoms in total. The van der Waals surface area contributed by atoms with Gasteiger partial charge in [0, 0.05) is 42.8 Å². The van der Waals surface area contributed by atoms with Gasteiger partial charge in [0.25, 0.3) is 0 Å². The number of hydrogen-bond acceptors (Lipinski definition) is 8. The molecule has 214 valence electrons. The Morgan fingerprint density at radius 1 is 1.23 bits per heavy atom. The minimum atomic E-state index is -4.74. The highest BCUT2D eigenvalue weighted by Gasteiger charge is 2.66. The second kappa shape index (κ2) is 11.0. The number of benzene rings is 1. The molecular weight excluding hydrogens is 575 g/mol. The van der Waals surface area contributed by atoms with E-state index in [0.717, 1.165) is 21.2 Å². The third-order valence-electron chi connectivity index (χ3n) is 6.99. The van der Waals surface area contributed by atoms with Crippen LogP contribution in [0.1, 0.15) is 35.6 Å². The van der Waals surface area contributed by atoms with Crippen molar-refractivity contribution >= 4 is 39.5 Å². The van der Waals surface area contributed by atoms with Gasteiger partial charge in [0.15, 0.2) is 5.54 Å². The number of anilines is 1. The molecule has 1 aliphatic carbocycles. The molecule has 3 unspecified atom stereocenters. The number of carbonyl (C=O) groups excluding carboxylic acids is 1. The molecule has 3 atom stereocenters. The third-order valence-corrected chi connectivity index (χ3v) is 9.02. The maximum absolute atomic E-state index is 12.9. The summed E-state index contributed by atoms with van der Waals surface area (Å²) in [5.41, 5.74) is -0.559. The number of thiophene rings is 1. The van der Waals surface area contributed by atoms with Gasteiger partial charge in [-0.1, -0.05) is 29.4 Å². The van der Waals surface area contributed by atoms with E-state index in [1.54, 1.807) is 23.1 Å². The molecule has 3 aromatic rings. The van der Waals surface area contributed by atoms with Gasteiger partial charge in [-0.2, -0.15) is 13.2 Å². The minimum Gasteiger partial charge on any atom is -0.755 e. The van der Waals surface area contributed by atoms with E-state index in [4.69, 9.17) is 4.74 Å². The maximum atomic E-state index is 12.9. The fourth-order valence-corrected chi connectivity index (χ4v) is 6.88. The first-order valence-electron chi connectivity index (χ1n) is 12.2. The summed E-state index contributed by atoms with van der Waals surface area (Å²) in [6.07, 6.45) is -4.06. The number of carboxylic acid groups (broad SMARTS) is 1. The number of alkyl halides is 3. The summed E-state index contributed by atoms with van der Waals surface area (Å²) in [7, 11) is 0. The first-order chi connectivity index (χ1) is 19.0. The quantitative estimate of drug-likeness (QED) is 0.367. The van der Waals surface area contributed by atoms with Gasteiger partial charge >= 0.3 is 12.1 Å². The Morgan fingerprint density at radius 2 is 1.98 bits per heavy atom. The lowest BCUT2D eigenvalue weighted by Crippen LogP contribution is -2.46. The van der Waals surface area contributed by atoms with E-state index >= 15 is 0 Å². The number of aryl methyl sites for hydroxylation is 1. The number of ether oxygens (including phenoxy) is 1. The summed E-state index contributed by atoms with van der Waals surface area (Å²) < 4.78 is 73.9. The molecule has 3 heterocycles. The molecule has 1 aromatic carbocycles. The molecule has 1 aliphatic heterocycles. The lowest BCUT2D eigenvalue weighted by Gasteiger charge is -2.32. The highest BCUT2D eigenvalue weighted by molar-refractivity contribution is 7.81. The van der Waals surface area contributed by atoms with Crippen LogP contribution in [0.4, 0.5) is 18.2 Å². The number of hydrogen-bond donors (Lipinski definition) is 1. The Labute approximate surface area is 232 Å². The number of carboxylic acids is 1. The monoisotopic (exact) mass is 598 g/mol. The topological polar surface area (TPSA) is 136 Å². The number of aliphatic carboxylic acids is 1. The van der Waals surface area contributed by atoms with Crippen LogP contribution >= 0.6 is 11.3 Å². The molecule has 0 spiro atoms. The second-order valence-corrected chi connectivity index (χ2v) is 11.3. The van der Waals surface area contributed by atoms with E-state index in [1.165, 1.54) is 12.1 Å². The smallest absolute Gasteiger partial charge is 0.452 e. The summed E-state index contributed by atoms with van der Waals surface area (Å²) in [6, 6.07) is 10.4. The molecule has 0 radical (unpaired) electrons. The molecule has 2 aromatic heterocycles. The molecular formula is C25H23F3N3O7S2-. The predicted octanol–water partition coefficient (Wildman–Crippen LogP) is 3.82. The molecule has 1 saturated carbocycles. The van der Waals surface area contributed by atoms with Gasteiger partial charge in [0.2, 0.25) is 11.7 Å². The fraction of sp³-hybridized carbons (Fsp3) is 0.400. The van der Waals surface area contributed by atoms with E-state index in [0.29, 0.717) is 44.4 Å². The first kappa shape index (κ1) is 28.3. The van der Waals surface area contributed by atoms with Crippen LogP contribution in [0.15, 0.2) is 47.0 Å². The number of morpholine rings is 1. The molecule has 2 fully saturated rings. The molecule has 0 bridgehead atoms. The molecule has 2 aliphatic rings. The molecule has 15 heteroatoms. The van der Waals surface area contributed by atoms with Gasteiger partial charge in [0.1, 0.15) is 10.7 Å². The molecule has 1 saturated heterocycles. The van der Waals surface area contributed by atoms with E-state index in [9.17, 15) is 36.6 Å². The normalized spacial score (nSPS) is 21.7. The van der Waals surface area contributed by atoms with E-state index < -0.39 is 40.6 Å². The number of halogens is 3. The summed E-state index contributed by atoms with van der Waals surface area (Å²) in [4.78, 5) is 27.0. The van der Waals surface area contributed by atoms with Crippen LogP contribution in [0.3, 0.4) is 0 Å². The standard InChI is InChI=1S/C25H24F3N3O7S2/c26-25(27,28)20-13-18(29-38-20)19-5-7-22(39-19)31(40(35)36)24(23(33)34)14-17(24)16-3-1-2-15(12-16)4-6-21(32)30-8-10-37-11-9-30/h1-3,5,7,12-13,17H,4,6,8-11,14H2,(H,33,34)(H,35,36)/p-1. The average Bonchev–Trinajstić information content (AvgIpc) is 3.23. The van der Waals surface area contributed by atoms with Crippen molar-refractivity contribution in [3.05, 3.63) is 59.4 Å². The molecule has 1 N–H and O–H groups in total. The summed E-state index contributed by atoms with van der Waals surface area (Å²) in [5.74, 6) is -3.36. The zero-order valence-electron chi connectivity index (χ0n) is 20.8. The van der Waals surface area contributed by atoms with E-state index in [1.807, 2.05) is 6.07 Å². The summed E-state index contributed by atoms with van der Waals surface area (Å²) >= 11 is -2.23. The molecule has 5 rings (SSSR count). The van der Waals surface area contributed by atoms with Crippen LogP contribution in [0, 0.1) is 0 Å². The van der Waals surface area contributed by atoms with Crippen LogP contribution in [0.2, 0.25) is 0 Å². The summed E-state index contributed by atoms with van der Waals surface area (Å²) in [5, 5.41) is 13.6. The van der Waals surface area contributed by atoms with Gasteiger partial charge in [-0.05, 0) is 36.1 Å². The first-order valence-corrected chi connectivity index (χ1v) is 14.1. The van der Waals surface area contributed by atoms with Crippen molar-refractivity contribution in [1.29, 1.82) is 0 Å². The zero-order chi connectivity index (χ0) is 28.7. The van der Waals surface area contributed by atoms with Gasteiger partial charge in [0.05, 0.1) is 18.1 Å². The Kier molecular flexibility index (Phi) is 7.74. The lowest BCUT2D eigenvalue weighted by atomic mass is 10.0. The Balaban J connectivity index is 1.36. The Bertz CT molecular complexity index is 1440. The largest absolute Gasteiger partial charge is 0.755 e. The van der Waals surface area contributed by atoms with Crippen LogP contribution in [0.5, 0.6) is 0 Å². The van der Waals surface area contributed by atoms with Gasteiger partial charge in [-0.25, -0.2) is 4.79 Å². The van der Waals surface area contributed by atoms with Crippen LogP contribution in [-0.4, -0.2) is 67.6 Å². The van der Waals surface area contributed by atoms with Crippen LogP contribution < -0.4 is 4.31 Å². The second-order valence-electron chi connectivity index (χ2n) is 9.45. The number of carbonyl (C=O) groups is 2. The van der Waals surface area contributed by atoms with Crippen molar-refractivity contribution in [1.82, 2.24) is 10.1 Å². The Hall–Kier alpha value is -3.27. The fourth-order valence-electron chi connectivity index (χ4n) is 4.88. The zero-order valence-corrected chi connectivity index (χ0v) is 22.4. The SMILES string of the molecule is O=C(CCc1cccc(C2CC2(C(=O)O)N(c2ccc(-c3cc(C(F)(F)F)on3)s2)S(=O)[O-])c1)N1CCOCC1. The van der Waals surface area contributed by atoms with Crippen LogP contribution in [0.25, 0.3) is 10.6 Å². The minimum absolute atomic E-state index is 0.00380. The van der Waals surface area contributed by atoms with Crippen molar-refractivity contribution in [2.45, 2.75) is 36.9 Å². The predicted molar refractivity (Wildman–Crippen MR) is 136 cm³/mol. The highest BCUT2D eigenvalue weighted by Crippen LogP contribution is 2.58. The number of amides is 1. The van der Waals surface area contributed by atoms with Crippen molar-refractivity contribution in [2.24, 2.45) is 0 Å². The van der Waals surface area contributed by atoms with Gasteiger partial charge in [-0.15, -0.1) is 11.3 Å². The van der Waals surface area contributed by atoms with E-state index in [-0.39, 0.29) is 34.3 Å². The average molecular weight is 599 g/mol. The maximum Gasteiger partial charge on any atom is 0.452 e. The van der Waals surface area contributed by atoms with Gasteiger partial charge < -0.3 is 23.8 Å².